The third kappa shape index (κ3) is 4.75. The number of amides is 1. The van der Waals surface area contributed by atoms with Crippen LogP contribution in [0, 0.1) is 0 Å². The van der Waals surface area contributed by atoms with Gasteiger partial charge in [-0.25, -0.2) is 8.42 Å². The molecule has 1 N–H and O–H groups in total. The highest BCUT2D eigenvalue weighted by atomic mass is 32.2. The lowest BCUT2D eigenvalue weighted by atomic mass is 10.1. The second-order valence-corrected chi connectivity index (χ2v) is 9.82. The molecule has 166 valence electrons. The number of fused-ring (bicyclic) bond motifs is 1. The molecular weight excluding hydrogens is 438 g/mol. The Morgan fingerprint density at radius 3 is 2.42 bits per heavy atom. The van der Waals surface area contributed by atoms with E-state index in [0.29, 0.717) is 23.7 Å². The minimum absolute atomic E-state index is 0.0600. The van der Waals surface area contributed by atoms with Crippen LogP contribution in [0.5, 0.6) is 5.75 Å². The van der Waals surface area contributed by atoms with Crippen LogP contribution in [0.2, 0.25) is 0 Å². The Balaban J connectivity index is 1.92. The summed E-state index contributed by atoms with van der Waals surface area (Å²) < 4.78 is 33.8. The van der Waals surface area contributed by atoms with Crippen molar-refractivity contribution in [3.8, 4) is 5.75 Å². The van der Waals surface area contributed by atoms with E-state index in [1.807, 2.05) is 6.92 Å². The lowest BCUT2D eigenvalue weighted by Crippen LogP contribution is -2.46. The number of benzene rings is 2. The predicted molar refractivity (Wildman–Crippen MR) is 125 cm³/mol. The fraction of sp³-hybridized carbons (Fsp3) is 0.333. The number of carbonyl (C=O) groups is 1. The van der Waals surface area contributed by atoms with Crippen LogP contribution in [0.3, 0.4) is 0 Å². The molecule has 10 heteroatoms. The fourth-order valence-corrected chi connectivity index (χ4v) is 5.66. The zero-order chi connectivity index (χ0) is 22.8. The second-order valence-electron chi connectivity index (χ2n) is 6.96. The maximum atomic E-state index is 13.1. The molecule has 1 atom stereocenters. The number of nitrogens with zero attached hydrogens (tertiary/aromatic N) is 2. The van der Waals surface area contributed by atoms with Gasteiger partial charge in [-0.15, -0.1) is 0 Å². The average molecular weight is 464 g/mol. The SMILES string of the molecule is CC[C@H](C(=O)Nc1ccc2c(c1)sc(=O)n2CC)N(c1ccc(OC)cc1)S(C)(=O)=O. The summed E-state index contributed by atoms with van der Waals surface area (Å²) in [5.41, 5.74) is 1.68. The number of methoxy groups -OCH3 is 1. The van der Waals surface area contributed by atoms with Crippen LogP contribution < -0.4 is 19.2 Å². The van der Waals surface area contributed by atoms with Gasteiger partial charge in [0, 0.05) is 12.2 Å². The Morgan fingerprint density at radius 2 is 1.87 bits per heavy atom. The number of sulfonamides is 1. The number of thiazole rings is 1. The third-order valence-electron chi connectivity index (χ3n) is 4.91. The summed E-state index contributed by atoms with van der Waals surface area (Å²) in [6.45, 7) is 4.21. The Kier molecular flexibility index (Phi) is 6.71. The molecule has 1 aromatic heterocycles. The second kappa shape index (κ2) is 9.11. The van der Waals surface area contributed by atoms with Crippen molar-refractivity contribution in [2.75, 3.05) is 23.0 Å². The molecular formula is C21H25N3O5S2. The largest absolute Gasteiger partial charge is 0.497 e. The predicted octanol–water partition coefficient (Wildman–Crippen LogP) is 3.27. The lowest BCUT2D eigenvalue weighted by Gasteiger charge is -2.30. The van der Waals surface area contributed by atoms with E-state index < -0.39 is 22.0 Å². The molecule has 3 rings (SSSR count). The summed E-state index contributed by atoms with van der Waals surface area (Å²) in [6.07, 6.45) is 1.34. The highest BCUT2D eigenvalue weighted by Gasteiger charge is 2.31. The molecule has 31 heavy (non-hydrogen) atoms. The van der Waals surface area contributed by atoms with Crippen molar-refractivity contribution in [1.29, 1.82) is 0 Å². The van der Waals surface area contributed by atoms with Crippen LogP contribution in [-0.4, -0.2) is 38.3 Å². The Labute approximate surface area is 185 Å². The molecule has 2 aromatic carbocycles. The number of anilines is 2. The van der Waals surface area contributed by atoms with Crippen LogP contribution >= 0.6 is 11.3 Å². The summed E-state index contributed by atoms with van der Waals surface area (Å²) in [5.74, 6) is 0.131. The van der Waals surface area contributed by atoms with Gasteiger partial charge < -0.3 is 10.1 Å². The van der Waals surface area contributed by atoms with Crippen molar-refractivity contribution < 1.29 is 17.9 Å². The highest BCUT2D eigenvalue weighted by Crippen LogP contribution is 2.27. The molecule has 3 aromatic rings. The monoisotopic (exact) mass is 463 g/mol. The van der Waals surface area contributed by atoms with Gasteiger partial charge in [0.25, 0.3) is 0 Å². The van der Waals surface area contributed by atoms with Crippen molar-refractivity contribution in [3.63, 3.8) is 0 Å². The quantitative estimate of drug-likeness (QED) is 0.553. The average Bonchev–Trinajstić information content (AvgIpc) is 3.05. The first kappa shape index (κ1) is 22.8. The summed E-state index contributed by atoms with van der Waals surface area (Å²) in [5, 5.41) is 2.80. The smallest absolute Gasteiger partial charge is 0.308 e. The molecule has 8 nitrogen and oxygen atoms in total. The zero-order valence-electron chi connectivity index (χ0n) is 17.8. The van der Waals surface area contributed by atoms with Gasteiger partial charge in [-0.1, -0.05) is 18.3 Å². The first-order valence-electron chi connectivity index (χ1n) is 9.77. The Morgan fingerprint density at radius 1 is 1.19 bits per heavy atom. The van der Waals surface area contributed by atoms with Crippen molar-refractivity contribution >= 4 is 48.9 Å². The molecule has 0 aliphatic rings. The van der Waals surface area contributed by atoms with E-state index in [4.69, 9.17) is 4.74 Å². The number of nitrogens with one attached hydrogen (secondary N) is 1. The van der Waals surface area contributed by atoms with Gasteiger partial charge in [-0.05, 0) is 55.8 Å². The number of rotatable bonds is 8. The van der Waals surface area contributed by atoms with Gasteiger partial charge in [0.2, 0.25) is 15.9 Å². The van der Waals surface area contributed by atoms with Crippen molar-refractivity contribution in [2.24, 2.45) is 0 Å². The number of aryl methyl sites for hydroxylation is 1. The van der Waals surface area contributed by atoms with E-state index in [1.54, 1.807) is 54.0 Å². The summed E-state index contributed by atoms with van der Waals surface area (Å²) in [7, 11) is -2.22. The number of carbonyl (C=O) groups excluding carboxylic acids is 1. The topological polar surface area (TPSA) is 97.7 Å². The molecule has 0 spiro atoms. The molecule has 0 fully saturated rings. The van der Waals surface area contributed by atoms with Crippen LogP contribution in [0.1, 0.15) is 20.3 Å². The third-order valence-corrected chi connectivity index (χ3v) is 7.03. The summed E-state index contributed by atoms with van der Waals surface area (Å²) in [4.78, 5) is 25.1. The molecule has 0 aliphatic carbocycles. The number of hydrogen-bond acceptors (Lipinski definition) is 6. The number of hydrogen-bond donors (Lipinski definition) is 1. The Hall–Kier alpha value is -2.85. The highest BCUT2D eigenvalue weighted by molar-refractivity contribution is 7.92. The normalized spacial score (nSPS) is 12.5. The van der Waals surface area contributed by atoms with E-state index in [-0.39, 0.29) is 11.3 Å². The van der Waals surface area contributed by atoms with Crippen LogP contribution in [-0.2, 0) is 21.4 Å². The molecule has 0 radical (unpaired) electrons. The Bertz CT molecular complexity index is 1250. The standard InChI is InChI=1S/C21H25N3O5S2/c1-5-17(24(31(4,27)28)15-8-10-16(29-3)11-9-15)20(25)22-14-7-12-18-19(13-14)30-21(26)23(18)6-2/h7-13,17H,5-6H2,1-4H3,(H,22,25)/t17-/m1/s1. The fourth-order valence-electron chi connectivity index (χ4n) is 3.46. The molecule has 0 saturated carbocycles. The maximum Gasteiger partial charge on any atom is 0.308 e. The van der Waals surface area contributed by atoms with Gasteiger partial charge in [0.15, 0.2) is 0 Å². The van der Waals surface area contributed by atoms with E-state index in [2.05, 4.69) is 5.32 Å². The molecule has 1 amide bonds. The van der Waals surface area contributed by atoms with Gasteiger partial charge in [-0.3, -0.25) is 18.5 Å². The van der Waals surface area contributed by atoms with Gasteiger partial charge in [0.05, 0.1) is 29.3 Å². The summed E-state index contributed by atoms with van der Waals surface area (Å²) in [6, 6.07) is 10.8. The van der Waals surface area contributed by atoms with Gasteiger partial charge >= 0.3 is 4.87 Å². The van der Waals surface area contributed by atoms with Gasteiger partial charge in [0.1, 0.15) is 11.8 Å². The van der Waals surface area contributed by atoms with Crippen LogP contribution in [0.4, 0.5) is 11.4 Å². The zero-order valence-corrected chi connectivity index (χ0v) is 19.4. The minimum atomic E-state index is -3.74. The molecule has 0 bridgehead atoms. The van der Waals surface area contributed by atoms with E-state index in [0.717, 1.165) is 32.1 Å². The van der Waals surface area contributed by atoms with Crippen molar-refractivity contribution in [2.45, 2.75) is 32.9 Å². The molecule has 0 aliphatic heterocycles. The molecule has 1 heterocycles. The maximum absolute atomic E-state index is 13.1. The minimum Gasteiger partial charge on any atom is -0.497 e. The van der Waals surface area contributed by atoms with E-state index in [9.17, 15) is 18.0 Å². The molecule has 0 unspecified atom stereocenters. The van der Waals surface area contributed by atoms with E-state index in [1.165, 1.54) is 7.11 Å². The van der Waals surface area contributed by atoms with Crippen LogP contribution in [0.15, 0.2) is 47.3 Å². The first-order chi connectivity index (χ1) is 14.7. The van der Waals surface area contributed by atoms with Gasteiger partial charge in [-0.2, -0.15) is 0 Å². The van der Waals surface area contributed by atoms with E-state index >= 15 is 0 Å². The number of ether oxygens (including phenoxy) is 1. The van der Waals surface area contributed by atoms with Crippen LogP contribution in [0.25, 0.3) is 10.2 Å². The summed E-state index contributed by atoms with van der Waals surface area (Å²) >= 11 is 1.11. The number of aromatic nitrogens is 1. The lowest BCUT2D eigenvalue weighted by molar-refractivity contribution is -0.117. The van der Waals surface area contributed by atoms with Crippen molar-refractivity contribution in [3.05, 3.63) is 52.1 Å². The first-order valence-corrected chi connectivity index (χ1v) is 12.4. The van der Waals surface area contributed by atoms with Crippen molar-refractivity contribution in [1.82, 2.24) is 4.57 Å². The molecule has 0 saturated heterocycles.